The summed E-state index contributed by atoms with van der Waals surface area (Å²) in [6.45, 7) is 0. The molecule has 0 spiro atoms. The Bertz CT molecular complexity index is 2910. The average Bonchev–Trinajstić information content (AvgIpc) is 3.79. The number of para-hydroxylation sites is 1. The van der Waals surface area contributed by atoms with Crippen molar-refractivity contribution in [1.82, 2.24) is 15.0 Å². The van der Waals surface area contributed by atoms with Gasteiger partial charge in [0, 0.05) is 23.5 Å². The van der Waals surface area contributed by atoms with Crippen molar-refractivity contribution < 1.29 is 24.5 Å². The molecule has 0 amide bonds. The van der Waals surface area contributed by atoms with E-state index in [0.717, 1.165) is 66.8 Å². The molecule has 5 heteroatoms. The van der Waals surface area contributed by atoms with Gasteiger partial charge in [-0.25, -0.2) is 0 Å². The van der Waals surface area contributed by atoms with Crippen LogP contribution in [0, 0.1) is 18.2 Å². The fourth-order valence-electron chi connectivity index (χ4n) is 7.93. The van der Waals surface area contributed by atoms with Crippen molar-refractivity contribution in [2.24, 2.45) is 0 Å². The van der Waals surface area contributed by atoms with Gasteiger partial charge in [0.05, 0.1) is 16.7 Å². The van der Waals surface area contributed by atoms with Gasteiger partial charge in [0.25, 0.3) is 0 Å². The van der Waals surface area contributed by atoms with E-state index in [1.807, 2.05) is 109 Å². The van der Waals surface area contributed by atoms with Crippen molar-refractivity contribution >= 4 is 32.7 Å². The Balaban J connectivity index is 0.000000148. The van der Waals surface area contributed by atoms with E-state index in [-0.39, 0.29) is 20.1 Å². The predicted molar refractivity (Wildman–Crippen MR) is 216 cm³/mol. The van der Waals surface area contributed by atoms with Gasteiger partial charge in [-0.05, 0) is 58.1 Å². The van der Waals surface area contributed by atoms with Crippen molar-refractivity contribution in [2.75, 3.05) is 0 Å². The van der Waals surface area contributed by atoms with Gasteiger partial charge in [-0.15, -0.1) is 65.2 Å². The molecule has 260 valence electrons. The zero-order valence-electron chi connectivity index (χ0n) is 29.4. The fraction of sp³-hybridized carbons (Fsp3) is 0.0200. The molecule has 0 saturated carbocycles. The largest absolute Gasteiger partial charge is 3.00 e. The number of pyridine rings is 3. The molecule has 0 radical (unpaired) electrons. The molecule has 0 N–H and O–H groups in total. The minimum Gasteiger partial charge on any atom is -0.501 e. The number of nitrogens with zero attached hydrogens (tertiary/aromatic N) is 3. The summed E-state index contributed by atoms with van der Waals surface area (Å²) in [7, 11) is 0. The third-order valence-corrected chi connectivity index (χ3v) is 10.3. The van der Waals surface area contributed by atoms with E-state index in [1.165, 1.54) is 22.1 Å². The van der Waals surface area contributed by atoms with Crippen LogP contribution in [0.4, 0.5) is 0 Å². The summed E-state index contributed by atoms with van der Waals surface area (Å²) >= 11 is 0. The minimum absolute atomic E-state index is 0. The summed E-state index contributed by atoms with van der Waals surface area (Å²) in [6, 6.07) is 67.6. The molecule has 10 aromatic rings. The molecule has 4 nitrogen and oxygen atoms in total. The average molecular weight is 881 g/mol. The maximum Gasteiger partial charge on any atom is 3.00 e. The Morgan fingerprint density at radius 3 is 2.18 bits per heavy atom. The van der Waals surface area contributed by atoms with Gasteiger partial charge in [-0.3, -0.25) is 9.97 Å². The Hall–Kier alpha value is -6.52. The molecule has 0 bridgehead atoms. The first-order valence-corrected chi connectivity index (χ1v) is 17.9. The molecule has 55 heavy (non-hydrogen) atoms. The van der Waals surface area contributed by atoms with Crippen molar-refractivity contribution in [3.8, 4) is 33.6 Å². The van der Waals surface area contributed by atoms with E-state index < -0.39 is 5.41 Å². The van der Waals surface area contributed by atoms with Crippen molar-refractivity contribution in [2.45, 2.75) is 5.41 Å². The summed E-state index contributed by atoms with van der Waals surface area (Å²) in [6.07, 6.45) is 3.70. The first kappa shape index (κ1) is 34.3. The van der Waals surface area contributed by atoms with Gasteiger partial charge >= 0.3 is 20.1 Å². The maximum atomic E-state index is 6.12. The number of furan rings is 1. The van der Waals surface area contributed by atoms with Gasteiger partial charge in [0.2, 0.25) is 0 Å². The molecule has 0 saturated heterocycles. The van der Waals surface area contributed by atoms with E-state index in [2.05, 4.69) is 96.0 Å². The zero-order valence-corrected chi connectivity index (χ0v) is 31.8. The molecule has 0 aliphatic heterocycles. The standard InChI is InChI=1S/C29H18N2.C21H12NO.Ir/c1-2-11-21(12-3-1)26-17-10-19-28(31-26)29(27-18-8-9-20-30-27)24-15-6-4-13-22(24)23-14-5-7-16-25(23)29;1-2-7-15-14(6-1)12-13-22-20(15)18-10-5-9-17-16-8-3-4-11-19(16)23-21(17)18;/h1-11,13-15,17-20H;1-9,11-13H;/q-2;-1;+3/t29-;;/m0../s1. The number of hydrogen-bond donors (Lipinski definition) is 0. The maximum absolute atomic E-state index is 6.12. The molecule has 1 atom stereocenters. The normalized spacial score (nSPS) is 14.1. The second-order valence-electron chi connectivity index (χ2n) is 13.2. The Labute approximate surface area is 332 Å². The topological polar surface area (TPSA) is 51.8 Å². The van der Waals surface area contributed by atoms with Gasteiger partial charge in [0.15, 0.2) is 0 Å². The molecule has 0 fully saturated rings. The monoisotopic (exact) mass is 881 g/mol. The molecule has 4 heterocycles. The third kappa shape index (κ3) is 5.68. The first-order valence-electron chi connectivity index (χ1n) is 17.9. The number of benzene rings is 6. The fourth-order valence-corrected chi connectivity index (χ4v) is 7.93. The van der Waals surface area contributed by atoms with E-state index in [9.17, 15) is 0 Å². The number of hydrogen-bond acceptors (Lipinski definition) is 4. The van der Waals surface area contributed by atoms with Crippen LogP contribution in [0.1, 0.15) is 22.5 Å². The van der Waals surface area contributed by atoms with Gasteiger partial charge in [0.1, 0.15) is 5.58 Å². The number of aromatic nitrogens is 3. The van der Waals surface area contributed by atoms with Crippen LogP contribution in [0.3, 0.4) is 0 Å². The first-order chi connectivity index (χ1) is 26.8. The molecule has 6 aromatic carbocycles. The summed E-state index contributed by atoms with van der Waals surface area (Å²) in [5, 5.41) is 4.50. The number of rotatable bonds is 4. The minimum atomic E-state index is -0.626. The van der Waals surface area contributed by atoms with Crippen LogP contribution >= 0.6 is 0 Å². The van der Waals surface area contributed by atoms with Gasteiger partial charge < -0.3 is 9.40 Å². The SMILES string of the molecule is [Ir+3].[c-]1ccc2c(oc3ccccc32)c1-c1nccc2ccccc12.[c-]1ccccc1-c1cccc([C@]2(c3ccccn3)c3[c-]cccc3-c3ccccc32)n1. The van der Waals surface area contributed by atoms with Crippen molar-refractivity contribution in [3.63, 3.8) is 0 Å². The van der Waals surface area contributed by atoms with Crippen molar-refractivity contribution in [1.29, 1.82) is 0 Å². The summed E-state index contributed by atoms with van der Waals surface area (Å²) in [4.78, 5) is 14.6. The van der Waals surface area contributed by atoms with E-state index in [1.54, 1.807) is 0 Å². The second-order valence-corrected chi connectivity index (χ2v) is 13.2. The zero-order chi connectivity index (χ0) is 35.9. The molecule has 0 unspecified atom stereocenters. The predicted octanol–water partition coefficient (Wildman–Crippen LogP) is 11.7. The Morgan fingerprint density at radius 1 is 0.509 bits per heavy atom. The van der Waals surface area contributed by atoms with Crippen LogP contribution in [-0.4, -0.2) is 15.0 Å². The second kappa shape index (κ2) is 14.4. The summed E-state index contributed by atoms with van der Waals surface area (Å²) in [5.41, 5.74) is 11.4. The molecule has 1 aliphatic carbocycles. The third-order valence-electron chi connectivity index (χ3n) is 10.3. The van der Waals surface area contributed by atoms with E-state index >= 15 is 0 Å². The van der Waals surface area contributed by atoms with Crippen LogP contribution in [-0.2, 0) is 25.5 Å². The van der Waals surface area contributed by atoms with E-state index in [0.29, 0.717) is 0 Å². The smallest absolute Gasteiger partial charge is 0.501 e. The van der Waals surface area contributed by atoms with Crippen LogP contribution in [0.5, 0.6) is 0 Å². The number of fused-ring (bicyclic) bond motifs is 7. The van der Waals surface area contributed by atoms with Crippen LogP contribution in [0.2, 0.25) is 0 Å². The molecule has 4 aromatic heterocycles. The quantitative estimate of drug-likeness (QED) is 0.165. The van der Waals surface area contributed by atoms with Crippen LogP contribution in [0.15, 0.2) is 187 Å². The van der Waals surface area contributed by atoms with Crippen LogP contribution < -0.4 is 0 Å². The summed E-state index contributed by atoms with van der Waals surface area (Å²) in [5.74, 6) is 0. The Kier molecular flexibility index (Phi) is 8.95. The van der Waals surface area contributed by atoms with Crippen molar-refractivity contribution in [3.05, 3.63) is 223 Å². The van der Waals surface area contributed by atoms with Gasteiger partial charge in [-0.2, -0.15) is 24.3 Å². The summed E-state index contributed by atoms with van der Waals surface area (Å²) < 4.78 is 6.12. The van der Waals surface area contributed by atoms with Crippen LogP contribution in [0.25, 0.3) is 66.4 Å². The molecule has 1 aliphatic rings. The molecule has 11 rings (SSSR count). The molecular weight excluding hydrogens is 851 g/mol. The van der Waals surface area contributed by atoms with Gasteiger partial charge in [-0.1, -0.05) is 101 Å². The van der Waals surface area contributed by atoms with E-state index in [4.69, 9.17) is 14.4 Å². The Morgan fingerprint density at radius 2 is 1.29 bits per heavy atom. The molecular formula is C50H30IrN3O.